The van der Waals surface area contributed by atoms with Gasteiger partial charge in [-0.2, -0.15) is 0 Å². The van der Waals surface area contributed by atoms with Crippen LogP contribution in [0, 0.1) is 3.57 Å². The molecule has 0 radical (unpaired) electrons. The number of hydrogen-bond donors (Lipinski definition) is 1. The SMILES string of the molecule is COCCNCCCc1ncc(-c2ccc(I)c(Cl)c2)o1. The number of halogens is 2. The van der Waals surface area contributed by atoms with Gasteiger partial charge in [0, 0.05) is 29.2 Å². The first-order valence-electron chi connectivity index (χ1n) is 6.80. The van der Waals surface area contributed by atoms with Gasteiger partial charge in [-0.1, -0.05) is 17.7 Å². The molecule has 2 aromatic rings. The minimum Gasteiger partial charge on any atom is -0.441 e. The Labute approximate surface area is 143 Å². The number of oxazole rings is 1. The quantitative estimate of drug-likeness (QED) is 0.522. The first-order valence-corrected chi connectivity index (χ1v) is 8.26. The Morgan fingerprint density at radius 1 is 1.38 bits per heavy atom. The van der Waals surface area contributed by atoms with Crippen molar-refractivity contribution < 1.29 is 9.15 Å². The summed E-state index contributed by atoms with van der Waals surface area (Å²) in [6.45, 7) is 2.53. The van der Waals surface area contributed by atoms with E-state index in [-0.39, 0.29) is 0 Å². The summed E-state index contributed by atoms with van der Waals surface area (Å²) in [4.78, 5) is 4.31. The predicted molar refractivity (Wildman–Crippen MR) is 92.7 cm³/mol. The van der Waals surface area contributed by atoms with Crippen molar-refractivity contribution in [2.45, 2.75) is 12.8 Å². The maximum atomic E-state index is 6.13. The van der Waals surface area contributed by atoms with E-state index in [4.69, 9.17) is 20.8 Å². The van der Waals surface area contributed by atoms with Crippen LogP contribution in [0.25, 0.3) is 11.3 Å². The third-order valence-corrected chi connectivity index (χ3v) is 4.56. The molecule has 1 aromatic carbocycles. The van der Waals surface area contributed by atoms with Crippen LogP contribution in [0.15, 0.2) is 28.8 Å². The summed E-state index contributed by atoms with van der Waals surface area (Å²) in [5.74, 6) is 1.52. The Morgan fingerprint density at radius 2 is 2.24 bits per heavy atom. The van der Waals surface area contributed by atoms with Gasteiger partial charge in [0.05, 0.1) is 17.8 Å². The lowest BCUT2D eigenvalue weighted by Crippen LogP contribution is -2.20. The van der Waals surface area contributed by atoms with Gasteiger partial charge in [0.1, 0.15) is 0 Å². The van der Waals surface area contributed by atoms with E-state index in [1.807, 2.05) is 18.2 Å². The van der Waals surface area contributed by atoms with Crippen molar-refractivity contribution in [1.82, 2.24) is 10.3 Å². The largest absolute Gasteiger partial charge is 0.441 e. The molecule has 0 saturated carbocycles. The highest BCUT2D eigenvalue weighted by Crippen LogP contribution is 2.27. The van der Waals surface area contributed by atoms with E-state index in [2.05, 4.69) is 32.9 Å². The molecule has 1 aromatic heterocycles. The lowest BCUT2D eigenvalue weighted by Gasteiger charge is -2.02. The zero-order valence-electron chi connectivity index (χ0n) is 11.9. The number of nitrogens with one attached hydrogen (secondary N) is 1. The van der Waals surface area contributed by atoms with E-state index in [9.17, 15) is 0 Å². The lowest BCUT2D eigenvalue weighted by atomic mass is 10.2. The maximum Gasteiger partial charge on any atom is 0.194 e. The van der Waals surface area contributed by atoms with Gasteiger partial charge < -0.3 is 14.5 Å². The highest BCUT2D eigenvalue weighted by atomic mass is 127. The normalized spacial score (nSPS) is 11.0. The van der Waals surface area contributed by atoms with Crippen LogP contribution in [0.1, 0.15) is 12.3 Å². The Balaban J connectivity index is 1.85. The van der Waals surface area contributed by atoms with Crippen LogP contribution >= 0.6 is 34.2 Å². The molecule has 6 heteroatoms. The molecule has 0 atom stereocenters. The molecule has 0 unspecified atom stereocenters. The van der Waals surface area contributed by atoms with Crippen LogP contribution in [0.3, 0.4) is 0 Å². The molecule has 1 N–H and O–H groups in total. The van der Waals surface area contributed by atoms with Crippen molar-refractivity contribution in [2.75, 3.05) is 26.8 Å². The Hall–Kier alpha value is -0.630. The van der Waals surface area contributed by atoms with Crippen molar-refractivity contribution in [3.8, 4) is 11.3 Å². The van der Waals surface area contributed by atoms with E-state index in [0.717, 1.165) is 58.3 Å². The molecule has 0 amide bonds. The number of rotatable bonds is 8. The Morgan fingerprint density at radius 3 is 3.00 bits per heavy atom. The zero-order chi connectivity index (χ0) is 15.1. The molecule has 21 heavy (non-hydrogen) atoms. The standard InChI is InChI=1S/C15H18ClIN2O2/c1-20-8-7-18-6-2-3-15-19-10-14(21-15)11-4-5-13(17)12(16)9-11/h4-5,9-10,18H,2-3,6-8H2,1H3. The van der Waals surface area contributed by atoms with E-state index in [1.165, 1.54) is 0 Å². The van der Waals surface area contributed by atoms with Crippen molar-refractivity contribution in [2.24, 2.45) is 0 Å². The van der Waals surface area contributed by atoms with Crippen molar-refractivity contribution >= 4 is 34.2 Å². The summed E-state index contributed by atoms with van der Waals surface area (Å²) in [6.07, 6.45) is 3.56. The summed E-state index contributed by atoms with van der Waals surface area (Å²) in [5, 5.41) is 4.03. The second-order valence-corrected chi connectivity index (χ2v) is 6.16. The van der Waals surface area contributed by atoms with Crippen LogP contribution in [0.2, 0.25) is 5.02 Å². The van der Waals surface area contributed by atoms with Gasteiger partial charge in [-0.3, -0.25) is 0 Å². The third-order valence-electron chi connectivity index (χ3n) is 2.98. The minimum atomic E-state index is 0.730. The number of hydrogen-bond acceptors (Lipinski definition) is 4. The van der Waals surface area contributed by atoms with E-state index in [1.54, 1.807) is 13.3 Å². The third kappa shape index (κ3) is 5.25. The van der Waals surface area contributed by atoms with Gasteiger partial charge in [-0.25, -0.2) is 4.98 Å². The molecule has 0 aliphatic heterocycles. The molecule has 2 rings (SSSR count). The van der Waals surface area contributed by atoms with Crippen LogP contribution in [0.5, 0.6) is 0 Å². The fraction of sp³-hybridized carbons (Fsp3) is 0.400. The van der Waals surface area contributed by atoms with E-state index >= 15 is 0 Å². The molecule has 0 saturated heterocycles. The average molecular weight is 421 g/mol. The maximum absolute atomic E-state index is 6.13. The van der Waals surface area contributed by atoms with Crippen molar-refractivity contribution in [3.05, 3.63) is 38.9 Å². The number of ether oxygens (including phenoxy) is 1. The van der Waals surface area contributed by atoms with Crippen LogP contribution in [-0.2, 0) is 11.2 Å². The fourth-order valence-corrected chi connectivity index (χ4v) is 2.39. The number of aromatic nitrogens is 1. The van der Waals surface area contributed by atoms with Crippen molar-refractivity contribution in [1.29, 1.82) is 0 Å². The van der Waals surface area contributed by atoms with Gasteiger partial charge in [-0.05, 0) is 47.7 Å². The summed E-state index contributed by atoms with van der Waals surface area (Å²) >= 11 is 8.33. The summed E-state index contributed by atoms with van der Waals surface area (Å²) in [7, 11) is 1.70. The van der Waals surface area contributed by atoms with Crippen LogP contribution in [-0.4, -0.2) is 31.8 Å². The zero-order valence-corrected chi connectivity index (χ0v) is 14.8. The molecule has 0 bridgehead atoms. The molecular weight excluding hydrogens is 403 g/mol. The van der Waals surface area contributed by atoms with Gasteiger partial charge in [0.2, 0.25) is 0 Å². The molecule has 1 heterocycles. The second kappa shape index (κ2) is 8.73. The molecule has 0 aliphatic rings. The highest BCUT2D eigenvalue weighted by molar-refractivity contribution is 14.1. The Bertz CT molecular complexity index is 575. The Kier molecular flexibility index (Phi) is 6.95. The topological polar surface area (TPSA) is 47.3 Å². The van der Waals surface area contributed by atoms with Crippen molar-refractivity contribution in [3.63, 3.8) is 0 Å². The van der Waals surface area contributed by atoms with Gasteiger partial charge >= 0.3 is 0 Å². The van der Waals surface area contributed by atoms with Gasteiger partial charge in [-0.15, -0.1) is 0 Å². The smallest absolute Gasteiger partial charge is 0.194 e. The molecule has 0 fully saturated rings. The first-order chi connectivity index (χ1) is 10.2. The van der Waals surface area contributed by atoms with E-state index in [0.29, 0.717) is 0 Å². The highest BCUT2D eigenvalue weighted by Gasteiger charge is 2.08. The number of methoxy groups -OCH3 is 1. The van der Waals surface area contributed by atoms with E-state index < -0.39 is 0 Å². The summed E-state index contributed by atoms with van der Waals surface area (Å²) in [5.41, 5.74) is 0.956. The lowest BCUT2D eigenvalue weighted by molar-refractivity contribution is 0.199. The molecule has 4 nitrogen and oxygen atoms in total. The fourth-order valence-electron chi connectivity index (χ4n) is 1.87. The molecule has 114 valence electrons. The van der Waals surface area contributed by atoms with Crippen LogP contribution < -0.4 is 5.32 Å². The monoisotopic (exact) mass is 420 g/mol. The number of nitrogens with zero attached hydrogens (tertiary/aromatic N) is 1. The predicted octanol–water partition coefficient (Wildman–Crippen LogP) is 3.77. The molecule has 0 spiro atoms. The number of aryl methyl sites for hydroxylation is 1. The first kappa shape index (κ1) is 16.7. The molecular formula is C15H18ClIN2O2. The second-order valence-electron chi connectivity index (χ2n) is 4.59. The number of benzene rings is 1. The summed E-state index contributed by atoms with van der Waals surface area (Å²) < 4.78 is 11.8. The average Bonchev–Trinajstić information content (AvgIpc) is 2.94. The van der Waals surface area contributed by atoms with Gasteiger partial charge in [0.15, 0.2) is 11.7 Å². The summed E-state index contributed by atoms with van der Waals surface area (Å²) in [6, 6.07) is 5.87. The minimum absolute atomic E-state index is 0.730. The van der Waals surface area contributed by atoms with Crippen LogP contribution in [0.4, 0.5) is 0 Å². The van der Waals surface area contributed by atoms with Gasteiger partial charge in [0.25, 0.3) is 0 Å². The molecule has 0 aliphatic carbocycles.